The molecule has 0 aliphatic carbocycles. The van der Waals surface area contributed by atoms with Crippen LogP contribution in [0.1, 0.15) is 38.3 Å². The second-order valence-electron chi connectivity index (χ2n) is 4.75. The lowest BCUT2D eigenvalue weighted by molar-refractivity contribution is -0.0197. The largest absolute Gasteiger partial charge is 0.443 e. The lowest BCUT2D eigenvalue weighted by Crippen LogP contribution is -2.22. The number of nitrogens with one attached hydrogen (secondary N) is 1. The highest BCUT2D eigenvalue weighted by Gasteiger charge is 2.28. The number of ether oxygens (including phenoxy) is 2. The number of methoxy groups -OCH3 is 2. The summed E-state index contributed by atoms with van der Waals surface area (Å²) in [5.41, 5.74) is -0.373. The first-order valence-corrected chi connectivity index (χ1v) is 6.86. The number of rotatable bonds is 10. The van der Waals surface area contributed by atoms with Crippen molar-refractivity contribution in [2.75, 3.05) is 33.9 Å². The van der Waals surface area contributed by atoms with Crippen LogP contribution in [0.3, 0.4) is 0 Å². The molecule has 0 saturated heterocycles. The van der Waals surface area contributed by atoms with Crippen molar-refractivity contribution in [2.24, 2.45) is 0 Å². The second-order valence-corrected chi connectivity index (χ2v) is 4.75. The molecule has 1 rings (SSSR count). The normalized spacial score (nSPS) is 14.5. The molecule has 0 aliphatic rings. The molecule has 19 heavy (non-hydrogen) atoms. The van der Waals surface area contributed by atoms with Crippen LogP contribution in [0.25, 0.3) is 0 Å². The minimum atomic E-state index is -0.373. The molecular formula is C14H26N2O3. The van der Waals surface area contributed by atoms with Gasteiger partial charge >= 0.3 is 0 Å². The highest BCUT2D eigenvalue weighted by molar-refractivity contribution is 5.05. The molecule has 0 spiro atoms. The molecule has 0 radical (unpaired) electrons. The number of hydrogen-bond donors (Lipinski definition) is 1. The Labute approximate surface area is 115 Å². The van der Waals surface area contributed by atoms with Gasteiger partial charge in [0.2, 0.25) is 0 Å². The van der Waals surface area contributed by atoms with Crippen LogP contribution in [0.2, 0.25) is 0 Å². The highest BCUT2D eigenvalue weighted by atomic mass is 16.5. The van der Waals surface area contributed by atoms with Crippen LogP contribution in [0.15, 0.2) is 10.6 Å². The van der Waals surface area contributed by atoms with Gasteiger partial charge in [0.15, 0.2) is 11.7 Å². The molecule has 0 fully saturated rings. The summed E-state index contributed by atoms with van der Waals surface area (Å²) in [4.78, 5) is 4.31. The highest BCUT2D eigenvalue weighted by Crippen LogP contribution is 2.28. The topological polar surface area (TPSA) is 56.5 Å². The van der Waals surface area contributed by atoms with Gasteiger partial charge in [0.25, 0.3) is 0 Å². The predicted octanol–water partition coefficient (Wildman–Crippen LogP) is 2.11. The fraction of sp³-hybridized carbons (Fsp3) is 0.786. The van der Waals surface area contributed by atoms with Gasteiger partial charge in [0.05, 0.1) is 12.8 Å². The van der Waals surface area contributed by atoms with Crippen molar-refractivity contribution in [3.63, 3.8) is 0 Å². The van der Waals surface area contributed by atoms with Crippen LogP contribution in [-0.2, 0) is 21.5 Å². The van der Waals surface area contributed by atoms with Crippen LogP contribution in [0.5, 0.6) is 0 Å². The molecule has 0 amide bonds. The molecule has 5 nitrogen and oxygen atoms in total. The van der Waals surface area contributed by atoms with E-state index >= 15 is 0 Å². The third kappa shape index (κ3) is 4.93. The van der Waals surface area contributed by atoms with E-state index in [0.29, 0.717) is 0 Å². The maximum atomic E-state index is 5.77. The number of hydrogen-bond acceptors (Lipinski definition) is 5. The van der Waals surface area contributed by atoms with Gasteiger partial charge in [-0.15, -0.1) is 0 Å². The zero-order valence-electron chi connectivity index (χ0n) is 12.5. The smallest absolute Gasteiger partial charge is 0.194 e. The van der Waals surface area contributed by atoms with Crippen LogP contribution >= 0.6 is 0 Å². The Bertz CT molecular complexity index is 348. The van der Waals surface area contributed by atoms with E-state index in [2.05, 4.69) is 17.2 Å². The van der Waals surface area contributed by atoms with Gasteiger partial charge < -0.3 is 19.2 Å². The molecule has 1 aromatic rings. The first-order chi connectivity index (χ1) is 9.16. The third-order valence-corrected chi connectivity index (χ3v) is 3.43. The Morgan fingerprint density at radius 1 is 1.37 bits per heavy atom. The predicted molar refractivity (Wildman–Crippen MR) is 74.2 cm³/mol. The van der Waals surface area contributed by atoms with E-state index in [1.54, 1.807) is 20.4 Å². The van der Waals surface area contributed by atoms with E-state index in [-0.39, 0.29) is 5.60 Å². The summed E-state index contributed by atoms with van der Waals surface area (Å²) < 4.78 is 16.2. The van der Waals surface area contributed by atoms with Crippen molar-refractivity contribution in [3.8, 4) is 0 Å². The van der Waals surface area contributed by atoms with Gasteiger partial charge in [-0.2, -0.15) is 0 Å². The second kappa shape index (κ2) is 8.30. The first kappa shape index (κ1) is 16.1. The van der Waals surface area contributed by atoms with Crippen LogP contribution in [0.4, 0.5) is 0 Å². The molecule has 0 aromatic carbocycles. The fourth-order valence-corrected chi connectivity index (χ4v) is 1.75. The van der Waals surface area contributed by atoms with E-state index < -0.39 is 0 Å². The van der Waals surface area contributed by atoms with Gasteiger partial charge in [-0.05, 0) is 26.3 Å². The summed E-state index contributed by atoms with van der Waals surface area (Å²) in [6, 6.07) is 0. The van der Waals surface area contributed by atoms with E-state index in [1.807, 2.05) is 6.92 Å². The molecule has 1 heterocycles. The molecule has 0 saturated carbocycles. The molecule has 1 aromatic heterocycles. The molecule has 1 unspecified atom stereocenters. The maximum Gasteiger partial charge on any atom is 0.194 e. The summed E-state index contributed by atoms with van der Waals surface area (Å²) >= 11 is 0. The molecule has 5 heteroatoms. The number of oxazole rings is 1. The van der Waals surface area contributed by atoms with E-state index in [1.165, 1.54) is 0 Å². The van der Waals surface area contributed by atoms with Crippen LogP contribution in [0, 0.1) is 0 Å². The van der Waals surface area contributed by atoms with E-state index in [0.717, 1.165) is 50.6 Å². The Kier molecular flexibility index (Phi) is 7.05. The van der Waals surface area contributed by atoms with Gasteiger partial charge in [-0.1, -0.05) is 6.92 Å². The standard InChI is InChI=1S/C14H26N2O3/c1-5-14(2,18-4)12-11-16-13(19-12)7-6-8-15-9-10-17-3/h11,15H,5-10H2,1-4H3. The van der Waals surface area contributed by atoms with Crippen molar-refractivity contribution in [3.05, 3.63) is 17.8 Å². The SMILES string of the molecule is CCC(C)(OC)c1cnc(CCCNCCOC)o1. The van der Waals surface area contributed by atoms with Crippen LogP contribution in [-0.4, -0.2) is 38.9 Å². The van der Waals surface area contributed by atoms with Gasteiger partial charge in [0.1, 0.15) is 5.60 Å². The monoisotopic (exact) mass is 270 g/mol. The summed E-state index contributed by atoms with van der Waals surface area (Å²) in [6.45, 7) is 6.65. The third-order valence-electron chi connectivity index (χ3n) is 3.43. The molecule has 110 valence electrons. The summed E-state index contributed by atoms with van der Waals surface area (Å²) in [5.74, 6) is 1.58. The molecule has 0 aliphatic heterocycles. The Morgan fingerprint density at radius 3 is 2.79 bits per heavy atom. The quantitative estimate of drug-likeness (QED) is 0.660. The molecule has 0 bridgehead atoms. The number of aryl methyl sites for hydroxylation is 1. The van der Waals surface area contributed by atoms with Gasteiger partial charge in [-0.3, -0.25) is 0 Å². The average molecular weight is 270 g/mol. The lowest BCUT2D eigenvalue weighted by Gasteiger charge is -2.23. The van der Waals surface area contributed by atoms with Crippen molar-refractivity contribution in [2.45, 2.75) is 38.7 Å². The maximum absolute atomic E-state index is 5.77. The molecule has 1 N–H and O–H groups in total. The van der Waals surface area contributed by atoms with Crippen molar-refractivity contribution < 1.29 is 13.9 Å². The Hall–Kier alpha value is -0.910. The van der Waals surface area contributed by atoms with Crippen LogP contribution < -0.4 is 5.32 Å². The molecular weight excluding hydrogens is 244 g/mol. The van der Waals surface area contributed by atoms with Crippen molar-refractivity contribution in [1.82, 2.24) is 10.3 Å². The average Bonchev–Trinajstić information content (AvgIpc) is 2.91. The lowest BCUT2D eigenvalue weighted by atomic mass is 10.0. The van der Waals surface area contributed by atoms with Crippen molar-refractivity contribution >= 4 is 0 Å². The van der Waals surface area contributed by atoms with Crippen molar-refractivity contribution in [1.29, 1.82) is 0 Å². The van der Waals surface area contributed by atoms with E-state index in [4.69, 9.17) is 13.9 Å². The first-order valence-electron chi connectivity index (χ1n) is 6.86. The fourth-order valence-electron chi connectivity index (χ4n) is 1.75. The summed E-state index contributed by atoms with van der Waals surface area (Å²) in [6.07, 6.45) is 4.47. The Balaban J connectivity index is 2.35. The zero-order chi connectivity index (χ0) is 14.1. The Morgan fingerprint density at radius 2 is 2.16 bits per heavy atom. The van der Waals surface area contributed by atoms with Gasteiger partial charge in [0, 0.05) is 27.2 Å². The molecule has 1 atom stereocenters. The van der Waals surface area contributed by atoms with E-state index in [9.17, 15) is 0 Å². The summed E-state index contributed by atoms with van der Waals surface area (Å²) in [5, 5.41) is 3.30. The number of aromatic nitrogens is 1. The zero-order valence-corrected chi connectivity index (χ0v) is 12.5. The minimum absolute atomic E-state index is 0.373. The number of nitrogens with zero attached hydrogens (tertiary/aromatic N) is 1. The summed E-state index contributed by atoms with van der Waals surface area (Å²) in [7, 11) is 3.40. The minimum Gasteiger partial charge on any atom is -0.443 e. The van der Waals surface area contributed by atoms with Gasteiger partial charge in [-0.25, -0.2) is 4.98 Å².